The molecule has 0 spiro atoms. The van der Waals surface area contributed by atoms with Gasteiger partial charge >= 0.3 is 0 Å². The molecule has 3 nitrogen and oxygen atoms in total. The summed E-state index contributed by atoms with van der Waals surface area (Å²) < 4.78 is 0. The molecule has 0 unspecified atom stereocenters. The second-order valence-corrected chi connectivity index (χ2v) is 6.11. The van der Waals surface area contributed by atoms with Crippen LogP contribution in [0, 0.1) is 5.92 Å². The maximum Gasteiger partial charge on any atom is 0.222 e. The van der Waals surface area contributed by atoms with Gasteiger partial charge in [0, 0.05) is 26.1 Å². The molecule has 1 saturated carbocycles. The van der Waals surface area contributed by atoms with E-state index in [9.17, 15) is 4.79 Å². The van der Waals surface area contributed by atoms with E-state index in [1.807, 2.05) is 23.1 Å². The molecule has 0 heterocycles. The van der Waals surface area contributed by atoms with Gasteiger partial charge in [0.1, 0.15) is 0 Å². The Labute approximate surface area is 128 Å². The molecule has 3 heteroatoms. The van der Waals surface area contributed by atoms with Crippen molar-refractivity contribution >= 4 is 5.91 Å². The number of amides is 1. The SMILES string of the molecule is NCCN(CCc1ccccc1)C(=O)CC1CCCCC1. The molecule has 2 N–H and O–H groups in total. The lowest BCUT2D eigenvalue weighted by atomic mass is 9.86. The van der Waals surface area contributed by atoms with Crippen LogP contribution in [0.5, 0.6) is 0 Å². The Morgan fingerprint density at radius 1 is 1.10 bits per heavy atom. The highest BCUT2D eigenvalue weighted by Crippen LogP contribution is 2.26. The van der Waals surface area contributed by atoms with Gasteiger partial charge in [-0.1, -0.05) is 49.6 Å². The molecule has 1 aromatic carbocycles. The number of carbonyl (C=O) groups is 1. The van der Waals surface area contributed by atoms with Gasteiger partial charge in [0.05, 0.1) is 0 Å². The van der Waals surface area contributed by atoms with Gasteiger partial charge in [0.25, 0.3) is 0 Å². The minimum absolute atomic E-state index is 0.295. The standard InChI is InChI=1S/C18H28N2O/c19-12-14-20(13-11-16-7-3-1-4-8-16)18(21)15-17-9-5-2-6-10-17/h1,3-4,7-8,17H,2,5-6,9-15,19H2. The van der Waals surface area contributed by atoms with Gasteiger partial charge in [0.2, 0.25) is 5.91 Å². The van der Waals surface area contributed by atoms with E-state index in [-0.39, 0.29) is 0 Å². The zero-order chi connectivity index (χ0) is 14.9. The Kier molecular flexibility index (Phi) is 6.74. The van der Waals surface area contributed by atoms with E-state index in [0.29, 0.717) is 24.9 Å². The van der Waals surface area contributed by atoms with Crippen molar-refractivity contribution in [1.82, 2.24) is 4.90 Å². The molecule has 0 atom stereocenters. The Morgan fingerprint density at radius 2 is 1.81 bits per heavy atom. The average Bonchev–Trinajstić information content (AvgIpc) is 2.53. The molecule has 1 aliphatic rings. The molecule has 1 aliphatic carbocycles. The van der Waals surface area contributed by atoms with E-state index < -0.39 is 0 Å². The molecule has 0 radical (unpaired) electrons. The molecule has 2 rings (SSSR count). The van der Waals surface area contributed by atoms with Gasteiger partial charge in [0.15, 0.2) is 0 Å². The summed E-state index contributed by atoms with van der Waals surface area (Å²) >= 11 is 0. The maximum absolute atomic E-state index is 12.5. The van der Waals surface area contributed by atoms with E-state index >= 15 is 0 Å². The number of nitrogens with zero attached hydrogens (tertiary/aromatic N) is 1. The van der Waals surface area contributed by atoms with E-state index in [0.717, 1.165) is 19.4 Å². The van der Waals surface area contributed by atoms with Crippen molar-refractivity contribution < 1.29 is 4.79 Å². The van der Waals surface area contributed by atoms with Crippen molar-refractivity contribution in [2.24, 2.45) is 11.7 Å². The summed E-state index contributed by atoms with van der Waals surface area (Å²) in [6.45, 7) is 2.01. The molecule has 1 amide bonds. The van der Waals surface area contributed by atoms with Crippen LogP contribution in [0.2, 0.25) is 0 Å². The Bertz CT molecular complexity index is 412. The first-order chi connectivity index (χ1) is 10.3. The summed E-state index contributed by atoms with van der Waals surface area (Å²) in [7, 11) is 0. The fraction of sp³-hybridized carbons (Fsp3) is 0.611. The van der Waals surface area contributed by atoms with Crippen LogP contribution in [0.3, 0.4) is 0 Å². The third-order valence-corrected chi connectivity index (χ3v) is 4.45. The van der Waals surface area contributed by atoms with Gasteiger partial charge in [-0.15, -0.1) is 0 Å². The fourth-order valence-electron chi connectivity index (χ4n) is 3.19. The van der Waals surface area contributed by atoms with Crippen LogP contribution in [0.15, 0.2) is 30.3 Å². The van der Waals surface area contributed by atoms with Crippen LogP contribution >= 0.6 is 0 Å². The van der Waals surface area contributed by atoms with Crippen LogP contribution in [-0.2, 0) is 11.2 Å². The third kappa shape index (κ3) is 5.50. The number of rotatable bonds is 7. The second kappa shape index (κ2) is 8.83. The van der Waals surface area contributed by atoms with Crippen LogP contribution in [-0.4, -0.2) is 30.4 Å². The van der Waals surface area contributed by atoms with Crippen LogP contribution in [0.25, 0.3) is 0 Å². The van der Waals surface area contributed by atoms with Crippen molar-refractivity contribution in [3.8, 4) is 0 Å². The minimum Gasteiger partial charge on any atom is -0.341 e. The summed E-state index contributed by atoms with van der Waals surface area (Å²) in [5.74, 6) is 0.895. The van der Waals surface area contributed by atoms with Gasteiger partial charge in [-0.05, 0) is 30.7 Å². The Hall–Kier alpha value is -1.35. The number of hydrogen-bond acceptors (Lipinski definition) is 2. The highest BCUT2D eigenvalue weighted by molar-refractivity contribution is 5.76. The van der Waals surface area contributed by atoms with E-state index in [2.05, 4.69) is 12.1 Å². The van der Waals surface area contributed by atoms with Crippen molar-refractivity contribution in [1.29, 1.82) is 0 Å². The van der Waals surface area contributed by atoms with Crippen molar-refractivity contribution in [2.75, 3.05) is 19.6 Å². The summed E-state index contributed by atoms with van der Waals surface area (Å²) in [5, 5.41) is 0. The summed E-state index contributed by atoms with van der Waals surface area (Å²) in [6.07, 6.45) is 8.00. The molecule has 0 bridgehead atoms. The van der Waals surface area contributed by atoms with Gasteiger partial charge < -0.3 is 10.6 Å². The predicted molar refractivity (Wildman–Crippen MR) is 87.0 cm³/mol. The normalized spacial score (nSPS) is 15.9. The summed E-state index contributed by atoms with van der Waals surface area (Å²) in [4.78, 5) is 14.5. The fourth-order valence-corrected chi connectivity index (χ4v) is 3.19. The van der Waals surface area contributed by atoms with Gasteiger partial charge in [-0.2, -0.15) is 0 Å². The molecule has 1 fully saturated rings. The Morgan fingerprint density at radius 3 is 2.48 bits per heavy atom. The number of carbonyl (C=O) groups excluding carboxylic acids is 1. The van der Waals surface area contributed by atoms with Crippen LogP contribution < -0.4 is 5.73 Å². The quantitative estimate of drug-likeness (QED) is 0.838. The highest BCUT2D eigenvalue weighted by Gasteiger charge is 2.20. The molecule has 116 valence electrons. The smallest absolute Gasteiger partial charge is 0.222 e. The molecule has 0 aliphatic heterocycles. The number of benzene rings is 1. The highest BCUT2D eigenvalue weighted by atomic mass is 16.2. The summed E-state index contributed by atoms with van der Waals surface area (Å²) in [5.41, 5.74) is 6.96. The van der Waals surface area contributed by atoms with Crippen molar-refractivity contribution in [2.45, 2.75) is 44.9 Å². The molecular weight excluding hydrogens is 260 g/mol. The zero-order valence-electron chi connectivity index (χ0n) is 13.0. The number of hydrogen-bond donors (Lipinski definition) is 1. The predicted octanol–water partition coefficient (Wildman–Crippen LogP) is 2.99. The lowest BCUT2D eigenvalue weighted by Gasteiger charge is -2.26. The van der Waals surface area contributed by atoms with Crippen LogP contribution in [0.1, 0.15) is 44.1 Å². The molecule has 1 aromatic rings. The lowest BCUT2D eigenvalue weighted by molar-refractivity contribution is -0.132. The monoisotopic (exact) mass is 288 g/mol. The summed E-state index contributed by atoms with van der Waals surface area (Å²) in [6, 6.07) is 10.4. The van der Waals surface area contributed by atoms with Gasteiger partial charge in [-0.25, -0.2) is 0 Å². The topological polar surface area (TPSA) is 46.3 Å². The average molecular weight is 288 g/mol. The van der Waals surface area contributed by atoms with E-state index in [1.54, 1.807) is 0 Å². The minimum atomic E-state index is 0.295. The first kappa shape index (κ1) is 16.0. The van der Waals surface area contributed by atoms with Crippen molar-refractivity contribution in [3.05, 3.63) is 35.9 Å². The maximum atomic E-state index is 12.5. The molecular formula is C18H28N2O. The van der Waals surface area contributed by atoms with E-state index in [1.165, 1.54) is 37.7 Å². The molecule has 0 aromatic heterocycles. The van der Waals surface area contributed by atoms with Crippen LogP contribution in [0.4, 0.5) is 0 Å². The lowest BCUT2D eigenvalue weighted by Crippen LogP contribution is -2.38. The number of nitrogens with two attached hydrogens (primary N) is 1. The molecule has 0 saturated heterocycles. The molecule has 21 heavy (non-hydrogen) atoms. The van der Waals surface area contributed by atoms with Gasteiger partial charge in [-0.3, -0.25) is 4.79 Å². The first-order valence-corrected chi connectivity index (χ1v) is 8.31. The second-order valence-electron chi connectivity index (χ2n) is 6.11. The third-order valence-electron chi connectivity index (χ3n) is 4.45. The first-order valence-electron chi connectivity index (χ1n) is 8.31. The Balaban J connectivity index is 1.83. The van der Waals surface area contributed by atoms with Crippen molar-refractivity contribution in [3.63, 3.8) is 0 Å². The largest absolute Gasteiger partial charge is 0.341 e. The van der Waals surface area contributed by atoms with E-state index in [4.69, 9.17) is 5.73 Å². The zero-order valence-corrected chi connectivity index (χ0v) is 13.0.